The van der Waals surface area contributed by atoms with Crippen LogP contribution in [0.25, 0.3) is 53.8 Å². The van der Waals surface area contributed by atoms with Gasteiger partial charge >= 0.3 is 12.2 Å². The number of nitrogens with one attached hydrogen (secondary N) is 4. The molecule has 0 aliphatic carbocycles. The van der Waals surface area contributed by atoms with Gasteiger partial charge in [-0.2, -0.15) is 0 Å². The summed E-state index contributed by atoms with van der Waals surface area (Å²) >= 11 is 3.38. The Bertz CT molecular complexity index is 2380. The number of carbonyl (C=O) groups is 4. The van der Waals surface area contributed by atoms with Crippen molar-refractivity contribution >= 4 is 66.8 Å². The molecule has 16 heteroatoms. The van der Waals surface area contributed by atoms with Crippen LogP contribution in [0.5, 0.6) is 0 Å². The van der Waals surface area contributed by atoms with E-state index < -0.39 is 24.3 Å². The van der Waals surface area contributed by atoms with Crippen LogP contribution in [0.15, 0.2) is 59.6 Å². The van der Waals surface area contributed by atoms with Crippen LogP contribution < -0.4 is 10.6 Å². The van der Waals surface area contributed by atoms with Crippen molar-refractivity contribution in [3.05, 3.63) is 71.2 Å². The number of rotatable bonds is 11. The maximum Gasteiger partial charge on any atom is 0.407 e. The van der Waals surface area contributed by atoms with Gasteiger partial charge in [0, 0.05) is 50.0 Å². The number of nitrogens with zero attached hydrogens (tertiary/aromatic N) is 4. The lowest BCUT2D eigenvalue weighted by Gasteiger charge is -2.30. The van der Waals surface area contributed by atoms with E-state index in [0.29, 0.717) is 13.1 Å². The van der Waals surface area contributed by atoms with Crippen molar-refractivity contribution in [1.29, 1.82) is 0 Å². The summed E-state index contributed by atoms with van der Waals surface area (Å²) in [5, 5.41) is 11.9. The van der Waals surface area contributed by atoms with E-state index in [1.807, 2.05) is 49.9 Å². The Morgan fingerprint density at radius 3 is 1.58 bits per heavy atom. The quantitative estimate of drug-likeness (QED) is 0.100. The molecule has 314 valence electrons. The third-order valence-electron chi connectivity index (χ3n) is 11.8. The van der Waals surface area contributed by atoms with Gasteiger partial charge in [-0.3, -0.25) is 9.59 Å². The van der Waals surface area contributed by atoms with Crippen LogP contribution in [0.3, 0.4) is 0 Å². The molecule has 2 aliphatic rings. The fourth-order valence-corrected chi connectivity index (χ4v) is 10.6. The van der Waals surface area contributed by atoms with Crippen molar-refractivity contribution in [1.82, 2.24) is 40.4 Å². The van der Waals surface area contributed by atoms with Crippen LogP contribution in [0.2, 0.25) is 0 Å². The standard InChI is InChI=1S/C44H50N8O6S2/c1-23(2)35(49-43(55)57-5)41(53)51-17-7-9-33(51)39-45-21-31(47-39)26-12-13-27(37-29(26)16-20-59-37)25-11-14-30(38-28(25)15-19-60-38)32-22-46-40(48-32)34-10-8-18-52(34)42(54)36(24(3)4)50-44(56)58-6/h11-16,19-24,33-36H,7-10,17-18H2,1-6H3,(H,45,47)(H,46,48)(H,49,55)(H,50,56). The summed E-state index contributed by atoms with van der Waals surface area (Å²) in [6, 6.07) is 11.1. The summed E-state index contributed by atoms with van der Waals surface area (Å²) < 4.78 is 11.9. The molecular weight excluding hydrogens is 801 g/mol. The first-order chi connectivity index (χ1) is 29.0. The first-order valence-electron chi connectivity index (χ1n) is 20.4. The summed E-state index contributed by atoms with van der Waals surface area (Å²) in [5.41, 5.74) is 6.08. The Morgan fingerprint density at radius 1 is 0.650 bits per heavy atom. The topological polar surface area (TPSA) is 175 Å². The normalized spacial score (nSPS) is 17.8. The van der Waals surface area contributed by atoms with E-state index in [-0.39, 0.29) is 35.7 Å². The first kappa shape index (κ1) is 41.0. The number of fused-ring (bicyclic) bond motifs is 2. The van der Waals surface area contributed by atoms with Gasteiger partial charge in [0.05, 0.1) is 50.1 Å². The Morgan fingerprint density at radius 2 is 1.08 bits per heavy atom. The fourth-order valence-electron chi connectivity index (χ4n) is 8.69. The molecule has 2 aromatic carbocycles. The third kappa shape index (κ3) is 7.62. The number of aromatic amines is 2. The SMILES string of the molecule is COC(=O)NC(C(=O)N1CCCC1c1ncc(-c2ccc(-c3ccc(-c4cnc(C5CCCN5C(=O)C(NC(=O)OC)C(C)C)[nH]4)c4sccc34)c3sccc23)[nH]1)C(C)C. The monoisotopic (exact) mass is 850 g/mol. The predicted octanol–water partition coefficient (Wildman–Crippen LogP) is 8.65. The molecular formula is C44H50N8O6S2. The highest BCUT2D eigenvalue weighted by atomic mass is 32.1. The molecule has 0 spiro atoms. The number of benzene rings is 2. The molecule has 6 heterocycles. The predicted molar refractivity (Wildman–Crippen MR) is 234 cm³/mol. The summed E-state index contributed by atoms with van der Waals surface area (Å²) in [6.07, 6.45) is 5.68. The number of likely N-dealkylation sites (tertiary alicyclic amines) is 2. The summed E-state index contributed by atoms with van der Waals surface area (Å²) in [5.74, 6) is 0.940. The van der Waals surface area contributed by atoms with Gasteiger partial charge in [0.2, 0.25) is 11.8 Å². The number of hydrogen-bond donors (Lipinski definition) is 4. The maximum atomic E-state index is 13.7. The fraction of sp³-hybridized carbons (Fsp3) is 0.409. The Balaban J connectivity index is 1.05. The number of aromatic nitrogens is 4. The molecule has 60 heavy (non-hydrogen) atoms. The zero-order valence-electron chi connectivity index (χ0n) is 34.5. The number of imidazole rings is 2. The molecule has 8 rings (SSSR count). The van der Waals surface area contributed by atoms with E-state index in [0.717, 1.165) is 91.1 Å². The van der Waals surface area contributed by atoms with E-state index in [1.165, 1.54) is 14.2 Å². The minimum atomic E-state index is -0.701. The van der Waals surface area contributed by atoms with Crippen molar-refractivity contribution in [3.8, 4) is 33.6 Å². The average molecular weight is 851 g/mol. The number of ether oxygens (including phenoxy) is 2. The number of H-pyrrole nitrogens is 2. The van der Waals surface area contributed by atoms with Gasteiger partial charge in [0.25, 0.3) is 0 Å². The van der Waals surface area contributed by atoms with E-state index >= 15 is 0 Å². The van der Waals surface area contributed by atoms with Crippen molar-refractivity contribution in [3.63, 3.8) is 0 Å². The number of carbonyl (C=O) groups excluding carboxylic acids is 4. The number of hydrogen-bond acceptors (Lipinski definition) is 10. The molecule has 2 aliphatic heterocycles. The molecule has 6 aromatic rings. The maximum absolute atomic E-state index is 13.7. The Hall–Kier alpha value is -5.74. The van der Waals surface area contributed by atoms with E-state index in [4.69, 9.17) is 19.4 Å². The zero-order valence-corrected chi connectivity index (χ0v) is 36.2. The van der Waals surface area contributed by atoms with Crippen LogP contribution in [0.1, 0.15) is 77.1 Å². The molecule has 4 atom stereocenters. The summed E-state index contributed by atoms with van der Waals surface area (Å²) in [6.45, 7) is 8.81. The lowest BCUT2D eigenvalue weighted by molar-refractivity contribution is -0.136. The van der Waals surface area contributed by atoms with E-state index in [2.05, 4.69) is 67.8 Å². The van der Waals surface area contributed by atoms with Crippen LogP contribution in [-0.2, 0) is 19.1 Å². The molecule has 4 aromatic heterocycles. The van der Waals surface area contributed by atoms with Crippen molar-refractivity contribution in [2.45, 2.75) is 77.5 Å². The summed E-state index contributed by atoms with van der Waals surface area (Å²) in [7, 11) is 2.59. The van der Waals surface area contributed by atoms with Crippen LogP contribution in [0, 0.1) is 11.8 Å². The zero-order chi connectivity index (χ0) is 42.2. The minimum absolute atomic E-state index is 0.116. The molecule has 4 N–H and O–H groups in total. The van der Waals surface area contributed by atoms with E-state index in [1.54, 1.807) is 22.7 Å². The van der Waals surface area contributed by atoms with Crippen LogP contribution >= 0.6 is 22.7 Å². The molecule has 14 nitrogen and oxygen atoms in total. The van der Waals surface area contributed by atoms with E-state index in [9.17, 15) is 19.2 Å². The lowest BCUT2D eigenvalue weighted by Crippen LogP contribution is -2.51. The van der Waals surface area contributed by atoms with Gasteiger partial charge in [-0.1, -0.05) is 52.0 Å². The van der Waals surface area contributed by atoms with Crippen molar-refractivity contribution in [2.75, 3.05) is 27.3 Å². The highest BCUT2D eigenvalue weighted by molar-refractivity contribution is 7.18. The number of thiophene rings is 2. The second kappa shape index (κ2) is 17.1. The third-order valence-corrected chi connectivity index (χ3v) is 13.7. The molecule has 2 fully saturated rings. The summed E-state index contributed by atoms with van der Waals surface area (Å²) in [4.78, 5) is 72.0. The van der Waals surface area contributed by atoms with Crippen LogP contribution in [-0.4, -0.2) is 93.1 Å². The van der Waals surface area contributed by atoms with Gasteiger partial charge in [-0.15, -0.1) is 22.7 Å². The minimum Gasteiger partial charge on any atom is -0.453 e. The molecule has 4 amide bonds. The van der Waals surface area contributed by atoms with Crippen LogP contribution in [0.4, 0.5) is 9.59 Å². The molecule has 2 saturated heterocycles. The second-order valence-electron chi connectivity index (χ2n) is 16.1. The lowest BCUT2D eigenvalue weighted by atomic mass is 9.96. The Kier molecular flexibility index (Phi) is 11.7. The van der Waals surface area contributed by atoms with Crippen molar-refractivity contribution in [2.24, 2.45) is 11.8 Å². The largest absolute Gasteiger partial charge is 0.453 e. The van der Waals surface area contributed by atoms with Gasteiger partial charge in [-0.25, -0.2) is 19.6 Å². The second-order valence-corrected chi connectivity index (χ2v) is 17.9. The molecule has 0 saturated carbocycles. The molecule has 4 unspecified atom stereocenters. The van der Waals surface area contributed by atoms with Gasteiger partial charge in [0.15, 0.2) is 0 Å². The molecule has 0 radical (unpaired) electrons. The highest BCUT2D eigenvalue weighted by Gasteiger charge is 2.39. The highest BCUT2D eigenvalue weighted by Crippen LogP contribution is 2.44. The number of methoxy groups -OCH3 is 2. The number of amides is 4. The smallest absolute Gasteiger partial charge is 0.407 e. The molecule has 0 bridgehead atoms. The first-order valence-corrected chi connectivity index (χ1v) is 22.2. The van der Waals surface area contributed by atoms with Crippen molar-refractivity contribution < 1.29 is 28.7 Å². The Labute approximate surface area is 356 Å². The average Bonchev–Trinajstić information content (AvgIpc) is 4.10. The van der Waals surface area contributed by atoms with Gasteiger partial charge < -0.3 is 39.9 Å². The van der Waals surface area contributed by atoms with Gasteiger partial charge in [-0.05, 0) is 66.0 Å². The number of alkyl carbamates (subject to hydrolysis) is 2. The van der Waals surface area contributed by atoms with Gasteiger partial charge in [0.1, 0.15) is 23.7 Å².